The molecule has 2 aromatic carbocycles. The van der Waals surface area contributed by atoms with Crippen LogP contribution in [0.15, 0.2) is 47.4 Å². The van der Waals surface area contributed by atoms with Crippen LogP contribution in [0.3, 0.4) is 0 Å². The van der Waals surface area contributed by atoms with E-state index in [1.54, 1.807) is 39.3 Å². The minimum absolute atomic E-state index is 0.114. The highest BCUT2D eigenvalue weighted by Crippen LogP contribution is 2.34. The molecule has 4 rings (SSSR count). The lowest BCUT2D eigenvalue weighted by molar-refractivity contribution is 0.292. The number of pyridine rings is 1. The zero-order chi connectivity index (χ0) is 24.3. The number of benzene rings is 2. The normalized spacial score (nSPS) is 13.2. The Balaban J connectivity index is 1.66. The zero-order valence-corrected chi connectivity index (χ0v) is 20.9. The molecule has 1 heterocycles. The van der Waals surface area contributed by atoms with Crippen molar-refractivity contribution in [1.29, 1.82) is 0 Å². The van der Waals surface area contributed by atoms with E-state index < -0.39 is 10.0 Å². The SMILES string of the molecule is COc1ccc(COc2nc3c(cc2NS(=O)(=O)c2cccc(Cl)c2C)CCCC3)cc1OC. The highest BCUT2D eigenvalue weighted by atomic mass is 35.5. The maximum Gasteiger partial charge on any atom is 0.262 e. The molecule has 180 valence electrons. The molecule has 1 aliphatic carbocycles. The topological polar surface area (TPSA) is 86.8 Å². The molecule has 7 nitrogen and oxygen atoms in total. The number of hydrogen-bond donors (Lipinski definition) is 1. The summed E-state index contributed by atoms with van der Waals surface area (Å²) in [5, 5.41) is 0.386. The van der Waals surface area contributed by atoms with Gasteiger partial charge in [0.2, 0.25) is 5.88 Å². The fourth-order valence-electron chi connectivity index (χ4n) is 4.00. The molecule has 1 N–H and O–H groups in total. The second-order valence-corrected chi connectivity index (χ2v) is 10.2. The van der Waals surface area contributed by atoms with Gasteiger partial charge in [0, 0.05) is 10.7 Å². The van der Waals surface area contributed by atoms with E-state index in [-0.39, 0.29) is 17.4 Å². The van der Waals surface area contributed by atoms with Crippen molar-refractivity contribution < 1.29 is 22.6 Å². The van der Waals surface area contributed by atoms with Crippen molar-refractivity contribution >= 4 is 27.3 Å². The molecule has 0 saturated carbocycles. The highest BCUT2D eigenvalue weighted by Gasteiger charge is 2.23. The molecular weight excluding hydrogens is 476 g/mol. The van der Waals surface area contributed by atoms with Gasteiger partial charge in [-0.1, -0.05) is 23.7 Å². The summed E-state index contributed by atoms with van der Waals surface area (Å²) in [6, 6.07) is 12.1. The summed E-state index contributed by atoms with van der Waals surface area (Å²) in [5.74, 6) is 1.43. The number of anilines is 1. The Morgan fingerprint density at radius 2 is 1.79 bits per heavy atom. The predicted molar refractivity (Wildman–Crippen MR) is 132 cm³/mol. The molecular formula is C25H27ClN2O5S. The van der Waals surface area contributed by atoms with E-state index in [9.17, 15) is 8.42 Å². The van der Waals surface area contributed by atoms with Crippen LogP contribution in [0.4, 0.5) is 5.69 Å². The van der Waals surface area contributed by atoms with Gasteiger partial charge >= 0.3 is 0 Å². The van der Waals surface area contributed by atoms with Gasteiger partial charge in [0.15, 0.2) is 11.5 Å². The number of nitrogens with zero attached hydrogens (tertiary/aromatic N) is 1. The first-order valence-corrected chi connectivity index (χ1v) is 12.8. The molecule has 0 radical (unpaired) electrons. The first kappa shape index (κ1) is 24.2. The summed E-state index contributed by atoms with van der Waals surface area (Å²) < 4.78 is 45.8. The van der Waals surface area contributed by atoms with E-state index in [4.69, 9.17) is 30.8 Å². The summed E-state index contributed by atoms with van der Waals surface area (Å²) in [6.45, 7) is 1.85. The number of aromatic nitrogens is 1. The number of hydrogen-bond acceptors (Lipinski definition) is 6. The minimum atomic E-state index is -3.91. The number of halogens is 1. The third kappa shape index (κ3) is 5.08. The molecule has 0 amide bonds. The summed E-state index contributed by atoms with van der Waals surface area (Å²) in [5.41, 5.74) is 3.59. The molecule has 1 aromatic heterocycles. The van der Waals surface area contributed by atoms with Gasteiger partial charge in [-0.05, 0) is 79.6 Å². The average molecular weight is 503 g/mol. The molecule has 0 unspecified atom stereocenters. The fourth-order valence-corrected chi connectivity index (χ4v) is 5.55. The molecule has 1 aliphatic rings. The van der Waals surface area contributed by atoms with Gasteiger partial charge in [0.25, 0.3) is 10.0 Å². The Kier molecular flexibility index (Phi) is 7.19. The first-order chi connectivity index (χ1) is 16.3. The van der Waals surface area contributed by atoms with Crippen molar-refractivity contribution in [3.63, 3.8) is 0 Å². The second-order valence-electron chi connectivity index (χ2n) is 8.10. The number of nitrogens with one attached hydrogen (secondary N) is 1. The van der Waals surface area contributed by atoms with Gasteiger partial charge in [-0.15, -0.1) is 0 Å². The van der Waals surface area contributed by atoms with Crippen LogP contribution < -0.4 is 18.9 Å². The Hall–Kier alpha value is -2.97. The number of methoxy groups -OCH3 is 2. The Bertz CT molecular complexity index is 1310. The molecule has 0 bridgehead atoms. The van der Waals surface area contributed by atoms with Gasteiger partial charge in [-0.2, -0.15) is 0 Å². The smallest absolute Gasteiger partial charge is 0.262 e. The maximum atomic E-state index is 13.2. The minimum Gasteiger partial charge on any atom is -0.493 e. The third-order valence-corrected chi connectivity index (χ3v) is 7.76. The molecule has 34 heavy (non-hydrogen) atoms. The largest absolute Gasteiger partial charge is 0.493 e. The quantitative estimate of drug-likeness (QED) is 0.448. The summed E-state index contributed by atoms with van der Waals surface area (Å²) in [4.78, 5) is 4.81. The van der Waals surface area contributed by atoms with E-state index in [0.717, 1.165) is 42.5 Å². The number of aryl methyl sites for hydroxylation is 2. The first-order valence-electron chi connectivity index (χ1n) is 11.0. The fraction of sp³-hybridized carbons (Fsp3) is 0.320. The van der Waals surface area contributed by atoms with Crippen molar-refractivity contribution in [1.82, 2.24) is 4.98 Å². The van der Waals surface area contributed by atoms with Gasteiger partial charge in [0.05, 0.1) is 19.1 Å². The molecule has 3 aromatic rings. The third-order valence-electron chi connectivity index (χ3n) is 5.84. The Labute approximate surface area is 205 Å². The molecule has 9 heteroatoms. The lowest BCUT2D eigenvalue weighted by Gasteiger charge is -2.20. The monoisotopic (exact) mass is 502 g/mol. The Morgan fingerprint density at radius 1 is 1.03 bits per heavy atom. The zero-order valence-electron chi connectivity index (χ0n) is 19.4. The summed E-state index contributed by atoms with van der Waals surface area (Å²) >= 11 is 6.16. The average Bonchev–Trinajstić information content (AvgIpc) is 2.83. The van der Waals surface area contributed by atoms with Crippen LogP contribution in [0.2, 0.25) is 5.02 Å². The maximum absolute atomic E-state index is 13.2. The molecule has 0 saturated heterocycles. The predicted octanol–water partition coefficient (Wildman–Crippen LogP) is 5.32. The van der Waals surface area contributed by atoms with E-state index in [2.05, 4.69) is 4.72 Å². The van der Waals surface area contributed by atoms with E-state index in [0.29, 0.717) is 27.8 Å². The van der Waals surface area contributed by atoms with E-state index in [1.807, 2.05) is 18.2 Å². The van der Waals surface area contributed by atoms with Crippen LogP contribution in [0.25, 0.3) is 0 Å². The van der Waals surface area contributed by atoms with Gasteiger partial charge in [0.1, 0.15) is 12.3 Å². The molecule has 0 spiro atoms. The van der Waals surface area contributed by atoms with E-state index >= 15 is 0 Å². The van der Waals surface area contributed by atoms with Crippen LogP contribution in [0.1, 0.15) is 35.2 Å². The lowest BCUT2D eigenvalue weighted by atomic mass is 9.96. The molecule has 0 fully saturated rings. The van der Waals surface area contributed by atoms with Crippen molar-refractivity contribution in [3.05, 3.63) is 69.9 Å². The number of rotatable bonds is 8. The van der Waals surface area contributed by atoms with Crippen LogP contribution in [-0.4, -0.2) is 27.6 Å². The number of ether oxygens (including phenoxy) is 3. The number of sulfonamides is 1. The van der Waals surface area contributed by atoms with Crippen molar-refractivity contribution in [2.75, 3.05) is 18.9 Å². The Morgan fingerprint density at radius 3 is 2.56 bits per heavy atom. The van der Waals surface area contributed by atoms with Gasteiger partial charge < -0.3 is 14.2 Å². The van der Waals surface area contributed by atoms with Crippen LogP contribution in [0, 0.1) is 6.92 Å². The van der Waals surface area contributed by atoms with Crippen LogP contribution >= 0.6 is 11.6 Å². The number of fused-ring (bicyclic) bond motifs is 1. The van der Waals surface area contributed by atoms with Crippen LogP contribution in [0.5, 0.6) is 17.4 Å². The highest BCUT2D eigenvalue weighted by molar-refractivity contribution is 7.92. The molecule has 0 aliphatic heterocycles. The standard InChI is InChI=1S/C25H27ClN2O5S/c1-16-19(26)8-6-10-24(16)34(29,30)28-21-14-18-7-4-5-9-20(18)27-25(21)33-15-17-11-12-22(31-2)23(13-17)32-3/h6,8,10-14,28H,4-5,7,9,15H2,1-3H3. The van der Waals surface area contributed by atoms with Crippen LogP contribution in [-0.2, 0) is 29.5 Å². The van der Waals surface area contributed by atoms with Gasteiger partial charge in [-0.25, -0.2) is 13.4 Å². The molecule has 0 atom stereocenters. The summed E-state index contributed by atoms with van der Waals surface area (Å²) in [6.07, 6.45) is 3.77. The van der Waals surface area contributed by atoms with E-state index in [1.165, 1.54) is 6.07 Å². The second kappa shape index (κ2) is 10.1. The van der Waals surface area contributed by atoms with Crippen molar-refractivity contribution in [2.24, 2.45) is 0 Å². The van der Waals surface area contributed by atoms with Crippen molar-refractivity contribution in [2.45, 2.75) is 44.1 Å². The summed E-state index contributed by atoms with van der Waals surface area (Å²) in [7, 11) is -0.767. The van der Waals surface area contributed by atoms with Gasteiger partial charge in [-0.3, -0.25) is 4.72 Å². The lowest BCUT2D eigenvalue weighted by Crippen LogP contribution is -2.17. The van der Waals surface area contributed by atoms with Crippen molar-refractivity contribution in [3.8, 4) is 17.4 Å².